The van der Waals surface area contributed by atoms with E-state index in [0.717, 1.165) is 11.8 Å². The van der Waals surface area contributed by atoms with E-state index in [-0.39, 0.29) is 37.7 Å². The minimum absolute atomic E-state index is 0.0723. The van der Waals surface area contributed by atoms with Crippen molar-refractivity contribution in [3.8, 4) is 5.75 Å². The van der Waals surface area contributed by atoms with Gasteiger partial charge in [-0.05, 0) is 76.1 Å². The third-order valence-electron chi connectivity index (χ3n) is 5.44. The van der Waals surface area contributed by atoms with Crippen molar-refractivity contribution in [3.63, 3.8) is 0 Å². The zero-order chi connectivity index (χ0) is 27.1. The molecule has 0 aromatic heterocycles. The van der Waals surface area contributed by atoms with Crippen LogP contribution >= 0.6 is 11.6 Å². The first-order chi connectivity index (χ1) is 16.7. The van der Waals surface area contributed by atoms with Crippen LogP contribution in [0.2, 0.25) is 5.02 Å². The number of carbonyl (C=O) groups excluding carboxylic acids is 2. The molecule has 0 aliphatic carbocycles. The summed E-state index contributed by atoms with van der Waals surface area (Å²) in [6, 6.07) is 13.1. The largest absolute Gasteiger partial charge is 0.497 e. The van der Waals surface area contributed by atoms with Gasteiger partial charge in [-0.15, -0.1) is 0 Å². The van der Waals surface area contributed by atoms with Crippen molar-refractivity contribution in [2.45, 2.75) is 58.7 Å². The van der Waals surface area contributed by atoms with Gasteiger partial charge in [-0.1, -0.05) is 23.7 Å². The van der Waals surface area contributed by atoms with E-state index in [1.807, 2.05) is 32.9 Å². The maximum absolute atomic E-state index is 13.3. The molecule has 36 heavy (non-hydrogen) atoms. The molecular weight excluding hydrogens is 502 g/mol. The highest BCUT2D eigenvalue weighted by Gasteiger charge is 2.28. The fourth-order valence-corrected chi connectivity index (χ4v) is 4.69. The molecule has 0 radical (unpaired) electrons. The van der Waals surface area contributed by atoms with Gasteiger partial charge < -0.3 is 15.0 Å². The summed E-state index contributed by atoms with van der Waals surface area (Å²) in [5, 5.41) is 3.43. The fourth-order valence-electron chi connectivity index (χ4n) is 3.60. The van der Waals surface area contributed by atoms with Gasteiger partial charge in [0, 0.05) is 30.1 Å². The number of ether oxygens (including phenoxy) is 1. The predicted molar refractivity (Wildman–Crippen MR) is 144 cm³/mol. The molecule has 1 atom stereocenters. The number of carbonyl (C=O) groups is 2. The first-order valence-electron chi connectivity index (χ1n) is 11.7. The van der Waals surface area contributed by atoms with Crippen molar-refractivity contribution in [3.05, 3.63) is 59.1 Å². The number of nitrogens with zero attached hydrogens (tertiary/aromatic N) is 2. The molecule has 2 aromatic carbocycles. The van der Waals surface area contributed by atoms with Crippen molar-refractivity contribution in [2.24, 2.45) is 0 Å². The van der Waals surface area contributed by atoms with Gasteiger partial charge in [-0.2, -0.15) is 0 Å². The van der Waals surface area contributed by atoms with Crippen LogP contribution in [0.15, 0.2) is 48.5 Å². The van der Waals surface area contributed by atoms with Gasteiger partial charge in [0.05, 0.1) is 19.1 Å². The number of halogens is 1. The SMILES string of the molecule is COc1ccc(CN(C(=O)CCCN(c2ccc(Cl)cc2)S(C)(=O)=O)[C@H](C)C(=O)NC(C)(C)C)cc1. The topological polar surface area (TPSA) is 96.0 Å². The quantitative estimate of drug-likeness (QED) is 0.463. The van der Waals surface area contributed by atoms with Crippen LogP contribution < -0.4 is 14.4 Å². The van der Waals surface area contributed by atoms with Crippen molar-refractivity contribution < 1.29 is 22.7 Å². The summed E-state index contributed by atoms with van der Waals surface area (Å²) in [5.41, 5.74) is 0.871. The minimum atomic E-state index is -3.56. The van der Waals surface area contributed by atoms with Gasteiger partial charge in [0.2, 0.25) is 21.8 Å². The molecule has 10 heteroatoms. The molecule has 0 saturated carbocycles. The number of rotatable bonds is 11. The summed E-state index contributed by atoms with van der Waals surface area (Å²) < 4.78 is 31.2. The van der Waals surface area contributed by atoms with Crippen LogP contribution in [-0.2, 0) is 26.2 Å². The zero-order valence-corrected chi connectivity index (χ0v) is 23.3. The summed E-state index contributed by atoms with van der Waals surface area (Å²) in [7, 11) is -1.99. The second kappa shape index (κ2) is 12.5. The Hall–Kier alpha value is -2.78. The van der Waals surface area contributed by atoms with Gasteiger partial charge in [0.1, 0.15) is 11.8 Å². The molecule has 0 fully saturated rings. The molecule has 8 nitrogen and oxygen atoms in total. The number of hydrogen-bond acceptors (Lipinski definition) is 5. The number of nitrogens with one attached hydrogen (secondary N) is 1. The Morgan fingerprint density at radius 2 is 1.64 bits per heavy atom. The molecule has 0 aliphatic rings. The number of anilines is 1. The van der Waals surface area contributed by atoms with Gasteiger partial charge in [-0.25, -0.2) is 8.42 Å². The zero-order valence-electron chi connectivity index (χ0n) is 21.7. The molecule has 1 N–H and O–H groups in total. The molecule has 2 amide bonds. The summed E-state index contributed by atoms with van der Waals surface area (Å²) >= 11 is 5.93. The number of benzene rings is 2. The molecule has 2 aromatic rings. The number of hydrogen-bond donors (Lipinski definition) is 1. The van der Waals surface area contributed by atoms with Crippen LogP contribution in [-0.4, -0.2) is 56.6 Å². The average molecular weight is 538 g/mol. The molecule has 198 valence electrons. The minimum Gasteiger partial charge on any atom is -0.497 e. The third kappa shape index (κ3) is 9.02. The van der Waals surface area contributed by atoms with E-state index in [1.54, 1.807) is 50.4 Å². The number of amides is 2. The summed E-state index contributed by atoms with van der Waals surface area (Å²) in [6.07, 6.45) is 1.47. The van der Waals surface area contributed by atoms with E-state index >= 15 is 0 Å². The maximum Gasteiger partial charge on any atom is 0.242 e. The van der Waals surface area contributed by atoms with Crippen LogP contribution in [0, 0.1) is 0 Å². The molecule has 2 rings (SSSR count). The van der Waals surface area contributed by atoms with Crippen LogP contribution in [0.1, 0.15) is 46.1 Å². The molecule has 0 unspecified atom stereocenters. The fraction of sp³-hybridized carbons (Fsp3) is 0.462. The number of methoxy groups -OCH3 is 1. The Kier molecular flexibility index (Phi) is 10.2. The lowest BCUT2D eigenvalue weighted by Gasteiger charge is -2.32. The Labute approximate surface area is 219 Å². The van der Waals surface area contributed by atoms with Crippen LogP contribution in [0.5, 0.6) is 5.75 Å². The van der Waals surface area contributed by atoms with Gasteiger partial charge in [0.25, 0.3) is 0 Å². The molecule has 0 bridgehead atoms. The van der Waals surface area contributed by atoms with Gasteiger partial charge in [-0.3, -0.25) is 13.9 Å². The molecule has 0 spiro atoms. The van der Waals surface area contributed by atoms with Gasteiger partial charge in [0.15, 0.2) is 0 Å². The molecular formula is C26H36ClN3O5S. The van der Waals surface area contributed by atoms with Gasteiger partial charge >= 0.3 is 0 Å². The summed E-state index contributed by atoms with van der Waals surface area (Å²) in [4.78, 5) is 27.8. The summed E-state index contributed by atoms with van der Waals surface area (Å²) in [5.74, 6) is 0.188. The Morgan fingerprint density at radius 1 is 1.06 bits per heavy atom. The highest BCUT2D eigenvalue weighted by Crippen LogP contribution is 2.22. The lowest BCUT2D eigenvalue weighted by atomic mass is 10.1. The van der Waals surface area contributed by atoms with E-state index in [9.17, 15) is 18.0 Å². The second-order valence-corrected chi connectivity index (χ2v) is 12.0. The molecule has 0 aliphatic heterocycles. The molecule has 0 saturated heterocycles. The predicted octanol–water partition coefficient (Wildman–Crippen LogP) is 4.23. The summed E-state index contributed by atoms with van der Waals surface area (Å²) in [6.45, 7) is 7.68. The van der Waals surface area contributed by atoms with Crippen LogP contribution in [0.4, 0.5) is 5.69 Å². The third-order valence-corrected chi connectivity index (χ3v) is 6.89. The number of sulfonamides is 1. The van der Waals surface area contributed by atoms with Crippen LogP contribution in [0.3, 0.4) is 0 Å². The first kappa shape index (κ1) is 29.5. The van der Waals surface area contributed by atoms with E-state index in [4.69, 9.17) is 16.3 Å². The van der Waals surface area contributed by atoms with E-state index in [0.29, 0.717) is 16.5 Å². The maximum atomic E-state index is 13.3. The molecule has 0 heterocycles. The Balaban J connectivity index is 2.18. The normalized spacial score (nSPS) is 12.5. The van der Waals surface area contributed by atoms with Crippen molar-refractivity contribution >= 4 is 39.1 Å². The highest BCUT2D eigenvalue weighted by atomic mass is 35.5. The lowest BCUT2D eigenvalue weighted by molar-refractivity contribution is -0.141. The van der Waals surface area contributed by atoms with Crippen molar-refractivity contribution in [2.75, 3.05) is 24.2 Å². The monoisotopic (exact) mass is 537 g/mol. The highest BCUT2D eigenvalue weighted by molar-refractivity contribution is 7.92. The van der Waals surface area contributed by atoms with Crippen molar-refractivity contribution in [1.82, 2.24) is 10.2 Å². The second-order valence-electron chi connectivity index (χ2n) is 9.70. The van der Waals surface area contributed by atoms with Crippen LogP contribution in [0.25, 0.3) is 0 Å². The lowest BCUT2D eigenvalue weighted by Crippen LogP contribution is -2.52. The van der Waals surface area contributed by atoms with Crippen molar-refractivity contribution in [1.29, 1.82) is 0 Å². The first-order valence-corrected chi connectivity index (χ1v) is 13.9. The van der Waals surface area contributed by atoms with E-state index in [1.165, 1.54) is 9.21 Å². The van der Waals surface area contributed by atoms with E-state index in [2.05, 4.69) is 5.32 Å². The van der Waals surface area contributed by atoms with E-state index < -0.39 is 21.6 Å². The smallest absolute Gasteiger partial charge is 0.242 e. The average Bonchev–Trinajstić information content (AvgIpc) is 2.79. The Bertz CT molecular complexity index is 1130. The Morgan fingerprint density at radius 3 is 2.14 bits per heavy atom. The standard InChI is InChI=1S/C26H36ClN3O5S/c1-19(25(32)28-26(2,3)4)29(18-20-9-15-23(35-5)16-10-20)24(31)8-7-17-30(36(6,33)34)22-13-11-21(27)12-14-22/h9-16,19H,7-8,17-18H2,1-6H3,(H,28,32)/t19-/m1/s1.